The Hall–Kier alpha value is -0.830. The Kier molecular flexibility index (Phi) is 3.41. The summed E-state index contributed by atoms with van der Waals surface area (Å²) in [5.74, 6) is 1.86. The number of aryl methyl sites for hydroxylation is 1. The second-order valence-electron chi connectivity index (χ2n) is 4.77. The van der Waals surface area contributed by atoms with Crippen molar-refractivity contribution in [2.45, 2.75) is 52.1 Å². The zero-order valence-corrected chi connectivity index (χ0v) is 9.62. The van der Waals surface area contributed by atoms with Crippen LogP contribution in [-0.4, -0.2) is 11.2 Å². The molecule has 84 valence electrons. The third kappa shape index (κ3) is 3.06. The predicted molar refractivity (Wildman–Crippen MR) is 59.5 cm³/mol. The minimum Gasteiger partial charge on any atom is -0.360 e. The third-order valence-corrected chi connectivity index (χ3v) is 3.26. The van der Waals surface area contributed by atoms with Gasteiger partial charge in [0.25, 0.3) is 0 Å². The summed E-state index contributed by atoms with van der Waals surface area (Å²) in [4.78, 5) is 0. The van der Waals surface area contributed by atoms with Gasteiger partial charge in [-0.05, 0) is 38.5 Å². The minimum absolute atomic E-state index is 0.673. The Labute approximate surface area is 91.2 Å². The lowest BCUT2D eigenvalue weighted by atomic mass is 9.87. The van der Waals surface area contributed by atoms with Crippen LogP contribution >= 0.6 is 0 Å². The fraction of sp³-hybridized carbons (Fsp3) is 0.750. The van der Waals surface area contributed by atoms with Crippen molar-refractivity contribution in [3.05, 3.63) is 17.5 Å². The highest BCUT2D eigenvalue weighted by atomic mass is 16.5. The molecule has 0 radical (unpaired) electrons. The molecule has 0 unspecified atom stereocenters. The molecule has 1 N–H and O–H groups in total. The molecule has 0 spiro atoms. The number of nitrogens with one attached hydrogen (secondary N) is 1. The molecule has 3 nitrogen and oxygen atoms in total. The van der Waals surface area contributed by atoms with Crippen LogP contribution in [0.4, 0.5) is 0 Å². The number of aromatic nitrogens is 1. The van der Waals surface area contributed by atoms with E-state index < -0.39 is 0 Å². The summed E-state index contributed by atoms with van der Waals surface area (Å²) >= 11 is 0. The van der Waals surface area contributed by atoms with Crippen molar-refractivity contribution < 1.29 is 4.52 Å². The molecule has 1 aliphatic rings. The largest absolute Gasteiger partial charge is 0.360 e. The Morgan fingerprint density at radius 2 is 2.13 bits per heavy atom. The summed E-state index contributed by atoms with van der Waals surface area (Å²) in [7, 11) is 0. The molecule has 2 rings (SSSR count). The number of hydrogen-bond acceptors (Lipinski definition) is 3. The molecular formula is C12H20N2O. The number of hydrogen-bond donors (Lipinski definition) is 1. The van der Waals surface area contributed by atoms with E-state index in [0.29, 0.717) is 6.04 Å². The van der Waals surface area contributed by atoms with Crippen LogP contribution in [-0.2, 0) is 6.54 Å². The average molecular weight is 208 g/mol. The van der Waals surface area contributed by atoms with E-state index in [0.717, 1.165) is 23.9 Å². The second kappa shape index (κ2) is 4.79. The molecular weight excluding hydrogens is 188 g/mol. The van der Waals surface area contributed by atoms with Crippen molar-refractivity contribution in [2.24, 2.45) is 5.92 Å². The Morgan fingerprint density at radius 1 is 1.40 bits per heavy atom. The maximum Gasteiger partial charge on any atom is 0.150 e. The summed E-state index contributed by atoms with van der Waals surface area (Å²) in [6.07, 6.45) is 5.31. The van der Waals surface area contributed by atoms with Crippen molar-refractivity contribution in [2.75, 3.05) is 0 Å². The quantitative estimate of drug-likeness (QED) is 0.829. The van der Waals surface area contributed by atoms with Gasteiger partial charge in [-0.1, -0.05) is 12.1 Å². The van der Waals surface area contributed by atoms with Gasteiger partial charge in [-0.2, -0.15) is 0 Å². The first kappa shape index (κ1) is 10.7. The van der Waals surface area contributed by atoms with E-state index in [1.54, 1.807) is 0 Å². The third-order valence-electron chi connectivity index (χ3n) is 3.26. The van der Waals surface area contributed by atoms with Crippen LogP contribution in [0.3, 0.4) is 0 Å². The molecule has 0 atom stereocenters. The minimum atomic E-state index is 0.673. The number of nitrogens with zero attached hydrogens (tertiary/aromatic N) is 1. The van der Waals surface area contributed by atoms with Gasteiger partial charge in [0.1, 0.15) is 0 Å². The molecule has 0 aliphatic heterocycles. The molecule has 15 heavy (non-hydrogen) atoms. The molecule has 1 heterocycles. The zero-order chi connectivity index (χ0) is 10.7. The average Bonchev–Trinajstić information content (AvgIpc) is 2.64. The Bertz CT molecular complexity index is 300. The zero-order valence-electron chi connectivity index (χ0n) is 9.62. The van der Waals surface area contributed by atoms with Gasteiger partial charge in [0.15, 0.2) is 5.76 Å². The van der Waals surface area contributed by atoms with Crippen molar-refractivity contribution in [3.8, 4) is 0 Å². The Balaban J connectivity index is 1.74. The van der Waals surface area contributed by atoms with E-state index in [2.05, 4.69) is 17.4 Å². The van der Waals surface area contributed by atoms with E-state index in [-0.39, 0.29) is 0 Å². The van der Waals surface area contributed by atoms with Gasteiger partial charge in [-0.3, -0.25) is 0 Å². The van der Waals surface area contributed by atoms with E-state index in [1.165, 1.54) is 25.7 Å². The normalized spacial score (nSPS) is 26.8. The van der Waals surface area contributed by atoms with Crippen LogP contribution in [0.25, 0.3) is 0 Å². The van der Waals surface area contributed by atoms with Gasteiger partial charge in [0.05, 0.1) is 12.2 Å². The maximum atomic E-state index is 5.16. The molecule has 0 bridgehead atoms. The van der Waals surface area contributed by atoms with Crippen molar-refractivity contribution in [1.82, 2.24) is 10.5 Å². The summed E-state index contributed by atoms with van der Waals surface area (Å²) in [5, 5.41) is 7.42. The molecule has 0 aromatic carbocycles. The fourth-order valence-corrected chi connectivity index (χ4v) is 2.21. The predicted octanol–water partition coefficient (Wildman–Crippen LogP) is 2.65. The van der Waals surface area contributed by atoms with Gasteiger partial charge in [0.2, 0.25) is 0 Å². The van der Waals surface area contributed by atoms with Gasteiger partial charge < -0.3 is 9.84 Å². The van der Waals surface area contributed by atoms with Gasteiger partial charge in [0, 0.05) is 12.1 Å². The lowest BCUT2D eigenvalue weighted by molar-refractivity contribution is 0.292. The van der Waals surface area contributed by atoms with Crippen molar-refractivity contribution in [3.63, 3.8) is 0 Å². The van der Waals surface area contributed by atoms with Crippen LogP contribution in [0.2, 0.25) is 0 Å². The molecule has 1 fully saturated rings. The molecule has 3 heteroatoms. The van der Waals surface area contributed by atoms with Crippen LogP contribution < -0.4 is 5.32 Å². The van der Waals surface area contributed by atoms with Gasteiger partial charge in [-0.15, -0.1) is 0 Å². The van der Waals surface area contributed by atoms with E-state index in [4.69, 9.17) is 4.52 Å². The molecule has 1 saturated carbocycles. The fourth-order valence-electron chi connectivity index (χ4n) is 2.21. The molecule has 0 saturated heterocycles. The van der Waals surface area contributed by atoms with Crippen LogP contribution in [0.15, 0.2) is 10.6 Å². The van der Waals surface area contributed by atoms with Gasteiger partial charge >= 0.3 is 0 Å². The highest BCUT2D eigenvalue weighted by Gasteiger charge is 2.17. The Morgan fingerprint density at radius 3 is 2.73 bits per heavy atom. The molecule has 1 aromatic rings. The lowest BCUT2D eigenvalue weighted by Gasteiger charge is -2.26. The summed E-state index contributed by atoms with van der Waals surface area (Å²) in [6, 6.07) is 2.67. The van der Waals surface area contributed by atoms with E-state index in [9.17, 15) is 0 Å². The summed E-state index contributed by atoms with van der Waals surface area (Å²) in [5.41, 5.74) is 0.962. The monoisotopic (exact) mass is 208 g/mol. The van der Waals surface area contributed by atoms with Crippen LogP contribution in [0.1, 0.15) is 44.1 Å². The summed E-state index contributed by atoms with van der Waals surface area (Å²) in [6.45, 7) is 5.12. The first-order chi connectivity index (χ1) is 7.24. The molecule has 1 aliphatic carbocycles. The standard InChI is InChI=1S/C12H20N2O/c1-9-3-5-11(6-4-9)13-8-12-7-10(2)14-15-12/h7,9,11,13H,3-6,8H2,1-2H3. The van der Waals surface area contributed by atoms with Crippen LogP contribution in [0.5, 0.6) is 0 Å². The first-order valence-electron chi connectivity index (χ1n) is 5.89. The first-order valence-corrected chi connectivity index (χ1v) is 5.89. The topological polar surface area (TPSA) is 38.1 Å². The second-order valence-corrected chi connectivity index (χ2v) is 4.77. The summed E-state index contributed by atoms with van der Waals surface area (Å²) < 4.78 is 5.16. The SMILES string of the molecule is Cc1cc(CNC2CCC(C)CC2)on1. The number of rotatable bonds is 3. The maximum absolute atomic E-state index is 5.16. The van der Waals surface area contributed by atoms with Crippen LogP contribution in [0, 0.1) is 12.8 Å². The lowest BCUT2D eigenvalue weighted by Crippen LogP contribution is -2.32. The van der Waals surface area contributed by atoms with E-state index >= 15 is 0 Å². The smallest absolute Gasteiger partial charge is 0.150 e. The van der Waals surface area contributed by atoms with E-state index in [1.807, 2.05) is 13.0 Å². The van der Waals surface area contributed by atoms with Crippen molar-refractivity contribution in [1.29, 1.82) is 0 Å². The molecule has 1 aromatic heterocycles. The highest BCUT2D eigenvalue weighted by Crippen LogP contribution is 2.23. The van der Waals surface area contributed by atoms with Crippen molar-refractivity contribution >= 4 is 0 Å². The van der Waals surface area contributed by atoms with Gasteiger partial charge in [-0.25, -0.2) is 0 Å². The highest BCUT2D eigenvalue weighted by molar-refractivity contribution is 5.02. The molecule has 0 amide bonds.